The summed E-state index contributed by atoms with van der Waals surface area (Å²) in [5.41, 5.74) is 4.13. The largest absolute Gasteiger partial charge is 0.310 e. The normalized spacial score (nSPS) is 17.7. The number of hydrogen-bond donors (Lipinski definition) is 1. The van der Waals surface area contributed by atoms with Gasteiger partial charge in [-0.05, 0) is 69.1 Å². The maximum atomic E-state index is 3.70. The molecule has 0 saturated carbocycles. The van der Waals surface area contributed by atoms with Crippen molar-refractivity contribution in [3.8, 4) is 11.1 Å². The first-order valence-corrected chi connectivity index (χ1v) is 8.78. The van der Waals surface area contributed by atoms with Gasteiger partial charge in [-0.3, -0.25) is 0 Å². The second-order valence-electron chi connectivity index (χ2n) is 6.50. The highest BCUT2D eigenvalue weighted by Crippen LogP contribution is 2.31. The van der Waals surface area contributed by atoms with Crippen molar-refractivity contribution < 1.29 is 0 Å². The Bertz CT molecular complexity index is 545. The van der Waals surface area contributed by atoms with Crippen LogP contribution in [0.25, 0.3) is 11.1 Å². The molecule has 1 fully saturated rings. The second-order valence-corrected chi connectivity index (χ2v) is 6.50. The van der Waals surface area contributed by atoms with Gasteiger partial charge in [-0.1, -0.05) is 48.9 Å². The number of hydrogen-bond acceptors (Lipinski definition) is 2. The zero-order chi connectivity index (χ0) is 15.2. The number of fused-ring (bicyclic) bond motifs is 1. The number of likely N-dealkylation sites (tertiary alicyclic amines) is 1. The van der Waals surface area contributed by atoms with Gasteiger partial charge in [0.2, 0.25) is 0 Å². The van der Waals surface area contributed by atoms with Crippen LogP contribution in [0.4, 0.5) is 0 Å². The highest BCUT2D eigenvalue weighted by atomic mass is 15.1. The van der Waals surface area contributed by atoms with Gasteiger partial charge >= 0.3 is 0 Å². The van der Waals surface area contributed by atoms with Crippen LogP contribution in [-0.2, 0) is 0 Å². The van der Waals surface area contributed by atoms with Crippen LogP contribution < -0.4 is 5.32 Å². The molecule has 0 bridgehead atoms. The minimum atomic E-state index is 0.418. The fraction of sp³-hybridized carbons (Fsp3) is 0.500. The van der Waals surface area contributed by atoms with E-state index in [1.807, 2.05) is 0 Å². The van der Waals surface area contributed by atoms with Crippen LogP contribution in [0, 0.1) is 0 Å². The third kappa shape index (κ3) is 3.88. The molecule has 1 atom stereocenters. The zero-order valence-corrected chi connectivity index (χ0v) is 13.7. The monoisotopic (exact) mass is 296 g/mol. The third-order valence-corrected chi connectivity index (χ3v) is 4.84. The van der Waals surface area contributed by atoms with Crippen LogP contribution in [0.3, 0.4) is 0 Å². The van der Waals surface area contributed by atoms with Crippen LogP contribution in [0.5, 0.6) is 0 Å². The van der Waals surface area contributed by atoms with E-state index < -0.39 is 0 Å². The quantitative estimate of drug-likeness (QED) is 0.799. The highest BCUT2D eigenvalue weighted by Gasteiger charge is 2.14. The number of nitrogens with zero attached hydrogens (tertiary/aromatic N) is 1. The van der Waals surface area contributed by atoms with Gasteiger partial charge in [-0.25, -0.2) is 0 Å². The average molecular weight is 296 g/mol. The molecule has 0 aromatic heterocycles. The van der Waals surface area contributed by atoms with Gasteiger partial charge in [-0.2, -0.15) is 0 Å². The summed E-state index contributed by atoms with van der Waals surface area (Å²) in [5, 5.41) is 3.70. The molecule has 1 heterocycles. The van der Waals surface area contributed by atoms with Crippen LogP contribution in [0.1, 0.15) is 44.2 Å². The molecule has 3 aliphatic rings. The number of rotatable bonds is 6. The van der Waals surface area contributed by atoms with Crippen molar-refractivity contribution in [3.05, 3.63) is 48.0 Å². The van der Waals surface area contributed by atoms with Crippen molar-refractivity contribution in [1.29, 1.82) is 0 Å². The van der Waals surface area contributed by atoms with Crippen LogP contribution in [0.15, 0.2) is 42.5 Å². The van der Waals surface area contributed by atoms with Crippen LogP contribution >= 0.6 is 0 Å². The van der Waals surface area contributed by atoms with Gasteiger partial charge in [-0.15, -0.1) is 0 Å². The van der Waals surface area contributed by atoms with Crippen molar-refractivity contribution in [2.45, 2.75) is 38.6 Å². The molecule has 0 aromatic rings. The minimum Gasteiger partial charge on any atom is -0.310 e. The van der Waals surface area contributed by atoms with Gasteiger partial charge < -0.3 is 10.2 Å². The summed E-state index contributed by atoms with van der Waals surface area (Å²) in [7, 11) is 0. The van der Waals surface area contributed by atoms with Crippen LogP contribution in [0.2, 0.25) is 0 Å². The molecule has 3 rings (SSSR count). The lowest BCUT2D eigenvalue weighted by molar-refractivity contribution is 0.225. The number of nitrogens with one attached hydrogen (secondary N) is 1. The van der Waals surface area contributed by atoms with Crippen molar-refractivity contribution in [1.82, 2.24) is 10.2 Å². The molecule has 0 amide bonds. The SMILES string of the molecule is CC(NCCCN1CCCCC1)c1ccc2cccccc1-2. The van der Waals surface area contributed by atoms with E-state index in [1.165, 1.54) is 62.0 Å². The maximum absolute atomic E-state index is 3.70. The molecule has 2 nitrogen and oxygen atoms in total. The maximum Gasteiger partial charge on any atom is 0.0297 e. The Labute approximate surface area is 134 Å². The lowest BCUT2D eigenvalue weighted by Gasteiger charge is -2.26. The molecule has 2 heteroatoms. The van der Waals surface area contributed by atoms with Gasteiger partial charge in [0.05, 0.1) is 0 Å². The molecule has 0 spiro atoms. The first-order valence-electron chi connectivity index (χ1n) is 8.78. The topological polar surface area (TPSA) is 15.3 Å². The summed E-state index contributed by atoms with van der Waals surface area (Å²) in [5.74, 6) is 0. The second kappa shape index (κ2) is 7.75. The number of piperidine rings is 1. The molecule has 0 aromatic carbocycles. The molecule has 118 valence electrons. The lowest BCUT2D eigenvalue weighted by Crippen LogP contribution is -2.32. The Hall–Kier alpha value is -1.38. The molecule has 22 heavy (non-hydrogen) atoms. The van der Waals surface area contributed by atoms with E-state index >= 15 is 0 Å². The summed E-state index contributed by atoms with van der Waals surface area (Å²) in [6.07, 6.45) is 5.45. The first-order chi connectivity index (χ1) is 10.8. The lowest BCUT2D eigenvalue weighted by atomic mass is 10.0. The fourth-order valence-corrected chi connectivity index (χ4v) is 3.53. The van der Waals surface area contributed by atoms with E-state index in [0.29, 0.717) is 6.04 Å². The predicted molar refractivity (Wildman–Crippen MR) is 94.4 cm³/mol. The van der Waals surface area contributed by atoms with Gasteiger partial charge in [0.15, 0.2) is 0 Å². The average Bonchev–Trinajstić information content (AvgIpc) is 2.81. The Balaban J connectivity index is 1.48. The predicted octanol–water partition coefficient (Wildman–Crippen LogP) is 4.32. The molecule has 1 saturated heterocycles. The third-order valence-electron chi connectivity index (χ3n) is 4.84. The van der Waals surface area contributed by atoms with E-state index in [-0.39, 0.29) is 0 Å². The van der Waals surface area contributed by atoms with Crippen molar-refractivity contribution in [3.63, 3.8) is 0 Å². The molecule has 1 unspecified atom stereocenters. The standard InChI is InChI=1S/C20H28N2/c1-17(21-13-8-16-22-14-6-3-7-15-22)19-12-11-18-9-4-2-5-10-20(18)19/h2,4-5,9-12,17,21H,3,6-8,13-16H2,1H3. The molecular formula is C20H28N2. The van der Waals surface area contributed by atoms with Gasteiger partial charge in [0.1, 0.15) is 0 Å². The fourth-order valence-electron chi connectivity index (χ4n) is 3.53. The van der Waals surface area contributed by atoms with Crippen molar-refractivity contribution in [2.75, 3.05) is 26.2 Å². The van der Waals surface area contributed by atoms with Crippen molar-refractivity contribution in [2.24, 2.45) is 0 Å². The van der Waals surface area contributed by atoms with E-state index in [1.54, 1.807) is 0 Å². The molecular weight excluding hydrogens is 268 g/mol. The van der Waals surface area contributed by atoms with E-state index in [2.05, 4.69) is 59.6 Å². The van der Waals surface area contributed by atoms with E-state index in [9.17, 15) is 0 Å². The molecule has 2 aliphatic carbocycles. The Morgan fingerprint density at radius 3 is 2.68 bits per heavy atom. The first kappa shape index (κ1) is 15.5. The highest BCUT2D eigenvalue weighted by molar-refractivity contribution is 5.70. The molecule has 0 radical (unpaired) electrons. The van der Waals surface area contributed by atoms with E-state index in [0.717, 1.165) is 6.54 Å². The van der Waals surface area contributed by atoms with E-state index in [4.69, 9.17) is 0 Å². The minimum absolute atomic E-state index is 0.418. The summed E-state index contributed by atoms with van der Waals surface area (Å²) >= 11 is 0. The van der Waals surface area contributed by atoms with Gasteiger partial charge in [0, 0.05) is 6.04 Å². The smallest absolute Gasteiger partial charge is 0.0297 e. The van der Waals surface area contributed by atoms with Crippen LogP contribution in [-0.4, -0.2) is 31.1 Å². The summed E-state index contributed by atoms with van der Waals surface area (Å²) < 4.78 is 0. The summed E-state index contributed by atoms with van der Waals surface area (Å²) in [6, 6.07) is 15.7. The molecule has 1 aliphatic heterocycles. The Kier molecular flexibility index (Phi) is 5.47. The summed E-state index contributed by atoms with van der Waals surface area (Å²) in [6.45, 7) is 7.24. The zero-order valence-electron chi connectivity index (χ0n) is 13.7. The van der Waals surface area contributed by atoms with Crippen molar-refractivity contribution >= 4 is 0 Å². The Morgan fingerprint density at radius 2 is 1.82 bits per heavy atom. The molecule has 1 N–H and O–H groups in total. The van der Waals surface area contributed by atoms with Gasteiger partial charge in [0.25, 0.3) is 0 Å². The summed E-state index contributed by atoms with van der Waals surface area (Å²) in [4.78, 5) is 2.62. The Morgan fingerprint density at radius 1 is 1.00 bits per heavy atom.